The lowest BCUT2D eigenvalue weighted by Crippen LogP contribution is -2.56. The third-order valence-electron chi connectivity index (χ3n) is 9.74. The minimum absolute atomic E-state index is 0.0125. The molecule has 214 valence electrons. The highest BCUT2D eigenvalue weighted by molar-refractivity contribution is 5.76. The van der Waals surface area contributed by atoms with Gasteiger partial charge >= 0.3 is 12.0 Å². The van der Waals surface area contributed by atoms with Crippen LogP contribution in [0.4, 0.5) is 4.79 Å². The molecule has 3 heterocycles. The second-order valence-electron chi connectivity index (χ2n) is 12.1. The van der Waals surface area contributed by atoms with Gasteiger partial charge in [0.1, 0.15) is 0 Å². The average Bonchev–Trinajstić information content (AvgIpc) is 3.48. The number of likely N-dealkylation sites (tertiary alicyclic amines) is 2. The molecule has 2 aliphatic heterocycles. The van der Waals surface area contributed by atoms with Crippen LogP contribution in [0.25, 0.3) is 11.3 Å². The Bertz CT molecular complexity index is 1430. The van der Waals surface area contributed by atoms with E-state index in [1.165, 1.54) is 0 Å². The second kappa shape index (κ2) is 11.5. The molecule has 6 rings (SSSR count). The number of hydrogen-bond donors (Lipinski definition) is 1. The van der Waals surface area contributed by atoms with Crippen LogP contribution < -0.4 is 5.56 Å². The molecule has 1 N–H and O–H groups in total. The first-order valence-electron chi connectivity index (χ1n) is 14.9. The number of rotatable bonds is 5. The third kappa shape index (κ3) is 5.52. The number of urea groups is 1. The first kappa shape index (κ1) is 27.2. The number of hydrogen-bond acceptors (Lipinski definition) is 4. The van der Waals surface area contributed by atoms with E-state index < -0.39 is 11.9 Å². The van der Waals surface area contributed by atoms with E-state index >= 15 is 0 Å². The molecule has 0 radical (unpaired) electrons. The average molecular weight is 555 g/mol. The fourth-order valence-electron chi connectivity index (χ4n) is 7.46. The largest absolute Gasteiger partial charge is 0.481 e. The van der Waals surface area contributed by atoms with Crippen molar-refractivity contribution in [3.63, 3.8) is 0 Å². The Morgan fingerprint density at radius 1 is 0.951 bits per heavy atom. The number of aliphatic carboxylic acids is 1. The van der Waals surface area contributed by atoms with Gasteiger partial charge in [-0.15, -0.1) is 0 Å². The van der Waals surface area contributed by atoms with E-state index in [1.54, 1.807) is 17.0 Å². The molecule has 0 bridgehead atoms. The third-order valence-corrected chi connectivity index (χ3v) is 9.74. The fraction of sp³-hybridized carbons (Fsp3) is 0.455. The normalized spacial score (nSPS) is 24.0. The quantitative estimate of drug-likeness (QED) is 0.453. The summed E-state index contributed by atoms with van der Waals surface area (Å²) in [7, 11) is 0. The maximum absolute atomic E-state index is 14.1. The van der Waals surface area contributed by atoms with Crippen molar-refractivity contribution < 1.29 is 14.7 Å². The van der Waals surface area contributed by atoms with Crippen molar-refractivity contribution in [3.8, 4) is 11.3 Å². The van der Waals surface area contributed by atoms with Crippen LogP contribution >= 0.6 is 0 Å². The van der Waals surface area contributed by atoms with Gasteiger partial charge in [-0.3, -0.25) is 14.2 Å². The molecule has 8 heteroatoms. The van der Waals surface area contributed by atoms with Crippen molar-refractivity contribution in [2.45, 2.75) is 57.5 Å². The number of aromatic nitrogens is 2. The van der Waals surface area contributed by atoms with Crippen molar-refractivity contribution in [1.29, 1.82) is 0 Å². The number of carbonyl (C=O) groups is 2. The Hall–Kier alpha value is -3.94. The van der Waals surface area contributed by atoms with E-state index in [-0.39, 0.29) is 23.0 Å². The Morgan fingerprint density at radius 2 is 1.66 bits per heavy atom. The summed E-state index contributed by atoms with van der Waals surface area (Å²) in [5.41, 5.74) is 2.53. The van der Waals surface area contributed by atoms with Crippen molar-refractivity contribution >= 4 is 12.0 Å². The number of carboxylic acid groups (broad SMARTS) is 1. The van der Waals surface area contributed by atoms with E-state index in [4.69, 9.17) is 0 Å². The van der Waals surface area contributed by atoms with Crippen LogP contribution in [0.15, 0.2) is 77.9 Å². The molecule has 1 aromatic heterocycles. The van der Waals surface area contributed by atoms with E-state index in [2.05, 4.69) is 4.98 Å². The zero-order valence-corrected chi connectivity index (χ0v) is 23.4. The Labute approximate surface area is 240 Å². The van der Waals surface area contributed by atoms with Crippen LogP contribution in [-0.2, 0) is 11.3 Å². The number of carboxylic acids is 1. The highest BCUT2D eigenvalue weighted by Crippen LogP contribution is 2.49. The van der Waals surface area contributed by atoms with Gasteiger partial charge in [0.25, 0.3) is 5.56 Å². The SMILES string of the molecule is O=C(O)C1CCN(C(=O)N2CCC(Cn3cnc(-c4ccccc4)cc3=O)C3(CCCC3)C2)C(c2ccccc2)C1. The van der Waals surface area contributed by atoms with Gasteiger partial charge in [0.15, 0.2) is 0 Å². The lowest BCUT2D eigenvalue weighted by Gasteiger charge is -2.49. The predicted molar refractivity (Wildman–Crippen MR) is 156 cm³/mol. The molecule has 2 amide bonds. The molecule has 1 spiro atoms. The summed E-state index contributed by atoms with van der Waals surface area (Å²) in [5, 5.41) is 9.72. The minimum atomic E-state index is -0.787. The summed E-state index contributed by atoms with van der Waals surface area (Å²) in [4.78, 5) is 47.6. The Balaban J connectivity index is 1.20. The molecular weight excluding hydrogens is 516 g/mol. The van der Waals surface area contributed by atoms with Gasteiger partial charge in [-0.2, -0.15) is 0 Å². The topological polar surface area (TPSA) is 95.7 Å². The monoisotopic (exact) mass is 554 g/mol. The van der Waals surface area contributed by atoms with Crippen LogP contribution in [-0.4, -0.2) is 56.1 Å². The van der Waals surface area contributed by atoms with Crippen molar-refractivity contribution in [2.24, 2.45) is 17.3 Å². The number of piperidine rings is 2. The minimum Gasteiger partial charge on any atom is -0.481 e. The summed E-state index contributed by atoms with van der Waals surface area (Å²) in [6.07, 6.45) is 7.79. The van der Waals surface area contributed by atoms with Crippen molar-refractivity contribution in [3.05, 3.63) is 89.0 Å². The number of nitrogens with zero attached hydrogens (tertiary/aromatic N) is 4. The number of benzene rings is 2. The fourth-order valence-corrected chi connectivity index (χ4v) is 7.46. The molecule has 3 atom stereocenters. The standard InChI is InChI=1S/C33H38N4O4/c38-30-20-28(24-9-3-1-4-10-24)34-23-36(30)21-27-14-17-35(22-33(27)15-7-8-16-33)32(41)37-18-13-26(31(39)40)19-29(37)25-11-5-2-6-12-25/h1-6,9-12,20,23,26-27,29H,7-8,13-19,21-22H2,(H,39,40). The first-order valence-corrected chi connectivity index (χ1v) is 14.9. The summed E-state index contributed by atoms with van der Waals surface area (Å²) in [6.45, 7) is 2.37. The molecule has 3 unspecified atom stereocenters. The highest BCUT2D eigenvalue weighted by atomic mass is 16.4. The molecule has 3 fully saturated rings. The van der Waals surface area contributed by atoms with E-state index in [9.17, 15) is 19.5 Å². The zero-order valence-electron chi connectivity index (χ0n) is 23.4. The maximum Gasteiger partial charge on any atom is 0.320 e. The van der Waals surface area contributed by atoms with E-state index in [1.807, 2.05) is 70.5 Å². The molecule has 2 saturated heterocycles. The van der Waals surface area contributed by atoms with Gasteiger partial charge < -0.3 is 14.9 Å². The lowest BCUT2D eigenvalue weighted by atomic mass is 9.69. The first-order chi connectivity index (χ1) is 19.9. The van der Waals surface area contributed by atoms with Crippen LogP contribution in [0, 0.1) is 17.3 Å². The Morgan fingerprint density at radius 3 is 2.34 bits per heavy atom. The summed E-state index contributed by atoms with van der Waals surface area (Å²) in [5.74, 6) is -0.944. The summed E-state index contributed by atoms with van der Waals surface area (Å²) < 4.78 is 1.75. The van der Waals surface area contributed by atoms with Crippen LogP contribution in [0.1, 0.15) is 56.6 Å². The molecule has 1 saturated carbocycles. The molecule has 8 nitrogen and oxygen atoms in total. The highest BCUT2D eigenvalue weighted by Gasteiger charge is 2.48. The van der Waals surface area contributed by atoms with Crippen LogP contribution in [0.5, 0.6) is 0 Å². The molecule has 3 aliphatic rings. The molecular formula is C33H38N4O4. The predicted octanol–water partition coefficient (Wildman–Crippen LogP) is 5.45. The number of amides is 2. The van der Waals surface area contributed by atoms with Gasteiger partial charge in [0.05, 0.1) is 24.0 Å². The maximum atomic E-state index is 14.1. The van der Waals surface area contributed by atoms with E-state index in [0.29, 0.717) is 50.6 Å². The summed E-state index contributed by atoms with van der Waals surface area (Å²) >= 11 is 0. The van der Waals surface area contributed by atoms with Gasteiger partial charge in [-0.1, -0.05) is 73.5 Å². The number of carbonyl (C=O) groups excluding carboxylic acids is 1. The van der Waals surface area contributed by atoms with Crippen LogP contribution in [0.3, 0.4) is 0 Å². The van der Waals surface area contributed by atoms with Gasteiger partial charge in [-0.05, 0) is 49.0 Å². The van der Waals surface area contributed by atoms with Gasteiger partial charge in [0.2, 0.25) is 0 Å². The van der Waals surface area contributed by atoms with Crippen molar-refractivity contribution in [1.82, 2.24) is 19.4 Å². The van der Waals surface area contributed by atoms with Gasteiger partial charge in [0, 0.05) is 37.8 Å². The smallest absolute Gasteiger partial charge is 0.320 e. The van der Waals surface area contributed by atoms with Gasteiger partial charge in [-0.25, -0.2) is 9.78 Å². The zero-order chi connectivity index (χ0) is 28.4. The van der Waals surface area contributed by atoms with E-state index in [0.717, 1.165) is 43.2 Å². The molecule has 1 aliphatic carbocycles. The Kier molecular flexibility index (Phi) is 7.65. The van der Waals surface area contributed by atoms with Crippen LogP contribution in [0.2, 0.25) is 0 Å². The molecule has 41 heavy (non-hydrogen) atoms. The molecule has 3 aromatic rings. The molecule has 2 aromatic carbocycles. The lowest BCUT2D eigenvalue weighted by molar-refractivity contribution is -0.143. The summed E-state index contributed by atoms with van der Waals surface area (Å²) in [6, 6.07) is 21.0. The van der Waals surface area contributed by atoms with Crippen molar-refractivity contribution in [2.75, 3.05) is 19.6 Å². The second-order valence-corrected chi connectivity index (χ2v) is 12.1.